The number of carbonyl (C=O) groups is 1. The topological polar surface area (TPSA) is 72.3 Å². The van der Waals surface area contributed by atoms with E-state index in [1.807, 2.05) is 4.57 Å². The highest BCUT2D eigenvalue weighted by Gasteiger charge is 2.49. The van der Waals surface area contributed by atoms with E-state index in [9.17, 15) is 13.2 Å². The smallest absolute Gasteiger partial charge is 0.272 e. The van der Waals surface area contributed by atoms with Gasteiger partial charge in [0.2, 0.25) is 0 Å². The molecule has 6 nitrogen and oxygen atoms in total. The van der Waals surface area contributed by atoms with Crippen LogP contribution in [0.1, 0.15) is 61.3 Å². The second-order valence-electron chi connectivity index (χ2n) is 7.46. The normalized spacial score (nSPS) is 25.4. The van der Waals surface area contributed by atoms with Gasteiger partial charge in [-0.25, -0.2) is 13.4 Å². The highest BCUT2D eigenvalue weighted by Crippen LogP contribution is 2.39. The average Bonchev–Trinajstić information content (AvgIpc) is 3.02. The molecular formula is C17H25N3O3S. The van der Waals surface area contributed by atoms with Gasteiger partial charge in [0, 0.05) is 26.1 Å². The zero-order valence-electron chi connectivity index (χ0n) is 14.0. The Hall–Kier alpha value is -1.37. The molecule has 24 heavy (non-hydrogen) atoms. The largest absolute Gasteiger partial charge is 0.335 e. The number of amides is 1. The Labute approximate surface area is 143 Å². The van der Waals surface area contributed by atoms with Crippen LogP contribution in [-0.2, 0) is 22.8 Å². The summed E-state index contributed by atoms with van der Waals surface area (Å²) in [6.45, 7) is 1.51. The SMILES string of the molecule is O=C(c1cnc2n1CCCC2)N1CCS(=O)(=O)C2(CCCCC2)C1. The Morgan fingerprint density at radius 3 is 2.67 bits per heavy atom. The molecule has 1 aromatic heterocycles. The summed E-state index contributed by atoms with van der Waals surface area (Å²) in [6.07, 6.45) is 9.18. The summed E-state index contributed by atoms with van der Waals surface area (Å²) >= 11 is 0. The molecule has 2 fully saturated rings. The Morgan fingerprint density at radius 2 is 1.88 bits per heavy atom. The van der Waals surface area contributed by atoms with Gasteiger partial charge in [-0.15, -0.1) is 0 Å². The van der Waals surface area contributed by atoms with Gasteiger partial charge in [0.1, 0.15) is 11.5 Å². The first-order chi connectivity index (χ1) is 11.5. The number of nitrogens with zero attached hydrogens (tertiary/aromatic N) is 3. The van der Waals surface area contributed by atoms with Crippen LogP contribution in [0.4, 0.5) is 0 Å². The minimum absolute atomic E-state index is 0.0458. The summed E-state index contributed by atoms with van der Waals surface area (Å²) in [5, 5.41) is 0. The standard InChI is InChI=1S/C17H25N3O3S/c21-16(14-12-18-15-6-2-5-9-20(14)15)19-10-11-24(22,23)17(13-19)7-3-1-4-8-17/h12H,1-11,13H2. The van der Waals surface area contributed by atoms with Crippen LogP contribution < -0.4 is 0 Å². The fourth-order valence-corrected chi connectivity index (χ4v) is 6.72. The van der Waals surface area contributed by atoms with Gasteiger partial charge in [-0.1, -0.05) is 19.3 Å². The lowest BCUT2D eigenvalue weighted by atomic mass is 9.87. The quantitative estimate of drug-likeness (QED) is 0.773. The van der Waals surface area contributed by atoms with Crippen molar-refractivity contribution in [2.24, 2.45) is 0 Å². The highest BCUT2D eigenvalue weighted by molar-refractivity contribution is 7.92. The molecule has 0 bridgehead atoms. The average molecular weight is 351 g/mol. The molecule has 0 N–H and O–H groups in total. The van der Waals surface area contributed by atoms with E-state index in [4.69, 9.17) is 0 Å². The minimum Gasteiger partial charge on any atom is -0.335 e. The molecule has 3 aliphatic rings. The van der Waals surface area contributed by atoms with Gasteiger partial charge in [-0.2, -0.15) is 0 Å². The van der Waals surface area contributed by atoms with Gasteiger partial charge in [0.25, 0.3) is 5.91 Å². The van der Waals surface area contributed by atoms with E-state index >= 15 is 0 Å². The lowest BCUT2D eigenvalue weighted by Gasteiger charge is -2.44. The molecular weight excluding hydrogens is 326 g/mol. The molecule has 1 amide bonds. The van der Waals surface area contributed by atoms with Crippen molar-refractivity contribution in [2.45, 2.75) is 62.7 Å². The first kappa shape index (κ1) is 16.1. The van der Waals surface area contributed by atoms with Crippen molar-refractivity contribution in [3.63, 3.8) is 0 Å². The van der Waals surface area contributed by atoms with Crippen LogP contribution in [0.5, 0.6) is 0 Å². The first-order valence-electron chi connectivity index (χ1n) is 9.08. The molecule has 1 aromatic rings. The number of sulfone groups is 1. The van der Waals surface area contributed by atoms with Crippen LogP contribution in [0.15, 0.2) is 6.20 Å². The van der Waals surface area contributed by atoms with Crippen molar-refractivity contribution in [3.8, 4) is 0 Å². The maximum Gasteiger partial charge on any atom is 0.272 e. The zero-order valence-corrected chi connectivity index (χ0v) is 14.9. The molecule has 2 aliphatic heterocycles. The molecule has 132 valence electrons. The van der Waals surface area contributed by atoms with Crippen LogP contribution >= 0.6 is 0 Å². The maximum absolute atomic E-state index is 13.0. The third-order valence-corrected chi connectivity index (χ3v) is 8.59. The lowest BCUT2D eigenvalue weighted by molar-refractivity contribution is 0.0711. The summed E-state index contributed by atoms with van der Waals surface area (Å²) < 4.78 is 26.7. The molecule has 4 rings (SSSR count). The first-order valence-corrected chi connectivity index (χ1v) is 10.7. The Bertz CT molecular complexity index is 747. The second-order valence-corrected chi connectivity index (χ2v) is 9.96. The summed E-state index contributed by atoms with van der Waals surface area (Å²) in [7, 11) is -3.12. The molecule has 7 heteroatoms. The van der Waals surface area contributed by atoms with Crippen molar-refractivity contribution < 1.29 is 13.2 Å². The van der Waals surface area contributed by atoms with Gasteiger partial charge < -0.3 is 9.47 Å². The zero-order chi connectivity index (χ0) is 16.8. The van der Waals surface area contributed by atoms with E-state index in [-0.39, 0.29) is 11.7 Å². The Morgan fingerprint density at radius 1 is 1.08 bits per heavy atom. The fraction of sp³-hybridized carbons (Fsp3) is 0.765. The fourth-order valence-electron chi connectivity index (χ4n) is 4.56. The summed E-state index contributed by atoms with van der Waals surface area (Å²) in [6, 6.07) is 0. The number of carbonyl (C=O) groups excluding carboxylic acids is 1. The minimum atomic E-state index is -3.12. The van der Waals surface area contributed by atoms with Gasteiger partial charge in [-0.3, -0.25) is 4.79 Å². The number of fused-ring (bicyclic) bond motifs is 1. The number of aromatic nitrogens is 2. The van der Waals surface area contributed by atoms with E-state index in [1.54, 1.807) is 11.1 Å². The Balaban J connectivity index is 1.61. The number of rotatable bonds is 1. The molecule has 1 saturated heterocycles. The van der Waals surface area contributed by atoms with Gasteiger partial charge in [0.05, 0.1) is 16.7 Å². The Kier molecular flexibility index (Phi) is 3.94. The maximum atomic E-state index is 13.0. The van der Waals surface area contributed by atoms with Crippen LogP contribution in [0.3, 0.4) is 0 Å². The molecule has 0 aromatic carbocycles. The molecule has 0 radical (unpaired) electrons. The van der Waals surface area contributed by atoms with E-state index in [2.05, 4.69) is 4.98 Å². The lowest BCUT2D eigenvalue weighted by Crippen LogP contribution is -2.58. The monoisotopic (exact) mass is 351 g/mol. The number of hydrogen-bond acceptors (Lipinski definition) is 4. The predicted molar refractivity (Wildman–Crippen MR) is 90.7 cm³/mol. The molecule has 1 aliphatic carbocycles. The molecule has 0 unspecified atom stereocenters. The van der Waals surface area contributed by atoms with E-state index < -0.39 is 14.6 Å². The number of aryl methyl sites for hydroxylation is 1. The van der Waals surface area contributed by atoms with E-state index in [0.29, 0.717) is 31.6 Å². The van der Waals surface area contributed by atoms with Crippen LogP contribution in [0, 0.1) is 0 Å². The number of hydrogen-bond donors (Lipinski definition) is 0. The summed E-state index contributed by atoms with van der Waals surface area (Å²) in [4.78, 5) is 19.2. The summed E-state index contributed by atoms with van der Waals surface area (Å²) in [5.74, 6) is 1.04. The van der Waals surface area contributed by atoms with E-state index in [0.717, 1.165) is 50.9 Å². The van der Waals surface area contributed by atoms with Crippen molar-refractivity contribution in [3.05, 3.63) is 17.7 Å². The number of imidazole rings is 1. The van der Waals surface area contributed by atoms with Crippen molar-refractivity contribution in [1.82, 2.24) is 14.5 Å². The van der Waals surface area contributed by atoms with Crippen LogP contribution in [-0.4, -0.2) is 52.4 Å². The second kappa shape index (κ2) is 5.86. The van der Waals surface area contributed by atoms with Gasteiger partial charge >= 0.3 is 0 Å². The third kappa shape index (κ3) is 2.48. The van der Waals surface area contributed by atoms with E-state index in [1.165, 1.54) is 0 Å². The van der Waals surface area contributed by atoms with Crippen molar-refractivity contribution >= 4 is 15.7 Å². The van der Waals surface area contributed by atoms with Crippen molar-refractivity contribution in [1.29, 1.82) is 0 Å². The molecule has 1 saturated carbocycles. The van der Waals surface area contributed by atoms with Gasteiger partial charge in [0.15, 0.2) is 9.84 Å². The van der Waals surface area contributed by atoms with Crippen molar-refractivity contribution in [2.75, 3.05) is 18.8 Å². The van der Waals surface area contributed by atoms with Crippen LogP contribution in [0.2, 0.25) is 0 Å². The molecule has 1 spiro atoms. The van der Waals surface area contributed by atoms with Gasteiger partial charge in [-0.05, 0) is 25.7 Å². The third-order valence-electron chi connectivity index (χ3n) is 6.01. The van der Waals surface area contributed by atoms with Crippen LogP contribution in [0.25, 0.3) is 0 Å². The molecule has 3 heterocycles. The summed E-state index contributed by atoms with van der Waals surface area (Å²) in [5.41, 5.74) is 0.634. The highest BCUT2D eigenvalue weighted by atomic mass is 32.2. The molecule has 0 atom stereocenters. The predicted octanol–water partition coefficient (Wildman–Crippen LogP) is 1.79.